The average molecular weight is 727 g/mol. The van der Waals surface area contributed by atoms with Crippen LogP contribution in [-0.4, -0.2) is 49.9 Å². The molecule has 0 bridgehead atoms. The van der Waals surface area contributed by atoms with Crippen LogP contribution in [0.15, 0.2) is 126 Å². The summed E-state index contributed by atoms with van der Waals surface area (Å²) in [5, 5.41) is 29.1. The Balaban J connectivity index is 1.41. The van der Waals surface area contributed by atoms with Crippen molar-refractivity contribution in [2.75, 3.05) is 11.1 Å². The number of aromatic hydroxyl groups is 1. The SMILES string of the molecule is Nc1ccc(C(=O)Nc2ccc3c(O)c(N=Nc4ccc(N=Nc5ccc(S(=O)(=O)O)cc5S(=O)(=O)O)cc4)c(S(=O)(=O)O)cc3c2)cc1. The van der Waals surface area contributed by atoms with Gasteiger partial charge < -0.3 is 16.2 Å². The Morgan fingerprint density at radius 2 is 1.22 bits per heavy atom. The number of nitrogens with zero attached hydrogens (tertiary/aromatic N) is 4. The Labute approximate surface area is 277 Å². The maximum absolute atomic E-state index is 12.6. The minimum Gasteiger partial charge on any atom is -0.505 e. The number of hydrogen-bond donors (Lipinski definition) is 6. The number of nitrogens with one attached hydrogen (secondary N) is 1. The molecule has 0 saturated heterocycles. The fourth-order valence-corrected chi connectivity index (χ4v) is 6.20. The van der Waals surface area contributed by atoms with Crippen LogP contribution in [0.4, 0.5) is 34.1 Å². The lowest BCUT2D eigenvalue weighted by molar-refractivity contribution is 0.102. The van der Waals surface area contributed by atoms with E-state index in [1.54, 1.807) is 12.1 Å². The van der Waals surface area contributed by atoms with Crippen LogP contribution in [0.1, 0.15) is 10.4 Å². The summed E-state index contributed by atoms with van der Waals surface area (Å²) < 4.78 is 99.3. The molecule has 0 aliphatic rings. The van der Waals surface area contributed by atoms with Crippen molar-refractivity contribution in [2.45, 2.75) is 14.7 Å². The van der Waals surface area contributed by atoms with Gasteiger partial charge in [0.15, 0.2) is 5.75 Å². The van der Waals surface area contributed by atoms with Crippen LogP contribution >= 0.6 is 0 Å². The van der Waals surface area contributed by atoms with Gasteiger partial charge in [-0.25, -0.2) is 0 Å². The molecule has 0 heterocycles. The Hall–Kier alpha value is -5.64. The lowest BCUT2D eigenvalue weighted by atomic mass is 10.1. The molecule has 17 nitrogen and oxygen atoms in total. The van der Waals surface area contributed by atoms with Crippen LogP contribution in [0.5, 0.6) is 5.75 Å². The highest BCUT2D eigenvalue weighted by Crippen LogP contribution is 2.42. The molecule has 0 aromatic heterocycles. The number of azo groups is 2. The molecule has 0 unspecified atom stereocenters. The van der Waals surface area contributed by atoms with Crippen molar-refractivity contribution in [2.24, 2.45) is 20.5 Å². The van der Waals surface area contributed by atoms with E-state index in [9.17, 15) is 44.3 Å². The van der Waals surface area contributed by atoms with Crippen molar-refractivity contribution < 1.29 is 48.8 Å². The quantitative estimate of drug-likeness (QED) is 0.0583. The van der Waals surface area contributed by atoms with E-state index in [0.29, 0.717) is 17.3 Å². The van der Waals surface area contributed by atoms with Gasteiger partial charge in [0.1, 0.15) is 21.2 Å². The van der Waals surface area contributed by atoms with Crippen LogP contribution < -0.4 is 11.1 Å². The molecular weight excluding hydrogens is 705 g/mol. The molecule has 49 heavy (non-hydrogen) atoms. The van der Waals surface area contributed by atoms with E-state index in [1.807, 2.05) is 0 Å². The van der Waals surface area contributed by atoms with E-state index in [0.717, 1.165) is 18.2 Å². The molecule has 7 N–H and O–H groups in total. The number of rotatable bonds is 9. The summed E-state index contributed by atoms with van der Waals surface area (Å²) in [6, 6.07) is 19.0. The lowest BCUT2D eigenvalue weighted by Crippen LogP contribution is -2.11. The summed E-state index contributed by atoms with van der Waals surface area (Å²) in [5.41, 5.74) is 5.88. The lowest BCUT2D eigenvalue weighted by Gasteiger charge is -2.11. The van der Waals surface area contributed by atoms with E-state index < -0.39 is 68.1 Å². The Bertz CT molecular complexity index is 2520. The van der Waals surface area contributed by atoms with E-state index in [4.69, 9.17) is 10.3 Å². The molecule has 0 radical (unpaired) electrons. The van der Waals surface area contributed by atoms with E-state index in [1.165, 1.54) is 54.6 Å². The Kier molecular flexibility index (Phi) is 9.28. The highest BCUT2D eigenvalue weighted by molar-refractivity contribution is 7.87. The summed E-state index contributed by atoms with van der Waals surface area (Å²) in [5.74, 6) is -1.11. The number of phenols is 1. The van der Waals surface area contributed by atoms with Crippen molar-refractivity contribution >= 4 is 81.2 Å². The van der Waals surface area contributed by atoms with Crippen molar-refractivity contribution in [3.05, 3.63) is 96.6 Å². The fraction of sp³-hybridized carbons (Fsp3) is 0. The van der Waals surface area contributed by atoms with Crippen LogP contribution in [0, 0.1) is 0 Å². The normalized spacial score (nSPS) is 12.6. The average Bonchev–Trinajstić information content (AvgIpc) is 3.02. The molecule has 5 aromatic carbocycles. The molecule has 0 aliphatic carbocycles. The number of hydrogen-bond acceptors (Lipinski definition) is 13. The molecule has 0 fully saturated rings. The monoisotopic (exact) mass is 726 g/mol. The van der Waals surface area contributed by atoms with Crippen LogP contribution in [0.3, 0.4) is 0 Å². The van der Waals surface area contributed by atoms with Gasteiger partial charge in [-0.3, -0.25) is 18.5 Å². The molecule has 252 valence electrons. The molecule has 5 rings (SSSR count). The van der Waals surface area contributed by atoms with Gasteiger partial charge in [0.25, 0.3) is 36.3 Å². The van der Waals surface area contributed by atoms with E-state index >= 15 is 0 Å². The van der Waals surface area contributed by atoms with Gasteiger partial charge in [-0.1, -0.05) is 0 Å². The van der Waals surface area contributed by atoms with Gasteiger partial charge in [0.2, 0.25) is 0 Å². The number of phenolic OH excluding ortho intramolecular Hbond substituents is 1. The predicted octanol–water partition coefficient (Wildman–Crippen LogP) is 5.95. The zero-order valence-corrected chi connectivity index (χ0v) is 26.8. The maximum Gasteiger partial charge on any atom is 0.296 e. The van der Waals surface area contributed by atoms with E-state index in [2.05, 4.69) is 25.8 Å². The number of nitrogens with two attached hydrogens (primary N) is 1. The topological polar surface area (TPSA) is 288 Å². The minimum atomic E-state index is -4.97. The minimum absolute atomic E-state index is 0.108. The molecular formula is C29H22N6O11S3. The van der Waals surface area contributed by atoms with Gasteiger partial charge in [-0.05, 0) is 96.4 Å². The van der Waals surface area contributed by atoms with Gasteiger partial charge in [-0.2, -0.15) is 35.5 Å². The van der Waals surface area contributed by atoms with Crippen molar-refractivity contribution in [1.29, 1.82) is 0 Å². The summed E-state index contributed by atoms with van der Waals surface area (Å²) in [4.78, 5) is 10.1. The molecule has 1 amide bonds. The zero-order valence-electron chi connectivity index (χ0n) is 24.4. The smallest absolute Gasteiger partial charge is 0.296 e. The first-order valence-electron chi connectivity index (χ1n) is 13.4. The van der Waals surface area contributed by atoms with Crippen molar-refractivity contribution in [3.8, 4) is 5.75 Å². The van der Waals surface area contributed by atoms with Crippen LogP contribution in [0.2, 0.25) is 0 Å². The molecule has 5 aromatic rings. The number of carbonyl (C=O) groups excluding carboxylic acids is 1. The fourth-order valence-electron chi connectivity index (χ4n) is 4.31. The zero-order chi connectivity index (χ0) is 35.7. The van der Waals surface area contributed by atoms with E-state index in [-0.39, 0.29) is 27.8 Å². The molecule has 0 saturated carbocycles. The molecule has 20 heteroatoms. The molecule has 0 spiro atoms. The second-order valence-electron chi connectivity index (χ2n) is 10.1. The number of anilines is 2. The second-order valence-corrected chi connectivity index (χ2v) is 14.3. The van der Waals surface area contributed by atoms with Crippen molar-refractivity contribution in [3.63, 3.8) is 0 Å². The van der Waals surface area contributed by atoms with Crippen LogP contribution in [0.25, 0.3) is 10.8 Å². The highest BCUT2D eigenvalue weighted by atomic mass is 32.2. The standard InChI is InChI=1S/C29H22N6O11S3/c30-18-3-1-16(2-4-18)29(37)31-21-9-11-23-17(13-21)14-26(49(44,45)46)27(28(23)36)35-33-20-7-5-19(6-8-20)32-34-24-12-10-22(47(38,39)40)15-25(24)48(41,42)43/h1-15,36H,30H2,(H,31,37)(H,38,39,40)(H,41,42,43)(H,44,45,46). The first kappa shape index (κ1) is 34.7. The van der Waals surface area contributed by atoms with Crippen LogP contribution in [-0.2, 0) is 30.4 Å². The summed E-state index contributed by atoms with van der Waals surface area (Å²) in [6.07, 6.45) is 0. The first-order valence-corrected chi connectivity index (χ1v) is 17.7. The largest absolute Gasteiger partial charge is 0.505 e. The van der Waals surface area contributed by atoms with Gasteiger partial charge in [0.05, 0.1) is 16.3 Å². The number of nitrogen functional groups attached to an aromatic ring is 1. The first-order chi connectivity index (χ1) is 22.9. The van der Waals surface area contributed by atoms with Gasteiger partial charge in [0, 0.05) is 22.3 Å². The molecule has 0 aliphatic heterocycles. The third-order valence-electron chi connectivity index (χ3n) is 6.66. The number of carbonyl (C=O) groups is 1. The number of benzene rings is 5. The third kappa shape index (κ3) is 8.09. The number of fused-ring (bicyclic) bond motifs is 1. The molecule has 0 atom stereocenters. The van der Waals surface area contributed by atoms with Gasteiger partial charge in [-0.15, -0.1) is 10.2 Å². The highest BCUT2D eigenvalue weighted by Gasteiger charge is 2.23. The second kappa shape index (κ2) is 13.1. The summed E-state index contributed by atoms with van der Waals surface area (Å²) in [7, 11) is -14.7. The predicted molar refractivity (Wildman–Crippen MR) is 175 cm³/mol. The van der Waals surface area contributed by atoms with Crippen molar-refractivity contribution in [1.82, 2.24) is 0 Å². The van der Waals surface area contributed by atoms with Gasteiger partial charge >= 0.3 is 0 Å². The Morgan fingerprint density at radius 1 is 0.633 bits per heavy atom. The third-order valence-corrected chi connectivity index (χ3v) is 9.25. The summed E-state index contributed by atoms with van der Waals surface area (Å²) >= 11 is 0. The summed E-state index contributed by atoms with van der Waals surface area (Å²) in [6.45, 7) is 0. The Morgan fingerprint density at radius 3 is 1.80 bits per heavy atom. The number of amides is 1. The maximum atomic E-state index is 12.6.